The molecule has 7 heteroatoms. The van der Waals surface area contributed by atoms with Crippen molar-refractivity contribution in [1.29, 1.82) is 0 Å². The molecule has 30 heavy (non-hydrogen) atoms. The molecule has 156 valence electrons. The summed E-state index contributed by atoms with van der Waals surface area (Å²) in [7, 11) is 0. The number of para-hydroxylation sites is 1. The van der Waals surface area contributed by atoms with Crippen LogP contribution >= 0.6 is 11.3 Å². The zero-order chi connectivity index (χ0) is 20.9. The lowest BCUT2D eigenvalue weighted by molar-refractivity contribution is -0.117. The van der Waals surface area contributed by atoms with Gasteiger partial charge in [-0.05, 0) is 42.5 Å². The van der Waals surface area contributed by atoms with Crippen LogP contribution in [0.5, 0.6) is 0 Å². The number of hydrogen-bond acceptors (Lipinski definition) is 4. The highest BCUT2D eigenvalue weighted by Crippen LogP contribution is 2.29. The molecule has 3 N–H and O–H groups in total. The molecule has 1 amide bonds. The Morgan fingerprint density at radius 3 is 2.83 bits per heavy atom. The second-order valence-electron chi connectivity index (χ2n) is 7.20. The predicted octanol–water partition coefficient (Wildman–Crippen LogP) is 3.08. The van der Waals surface area contributed by atoms with E-state index in [0.29, 0.717) is 25.6 Å². The minimum atomic E-state index is -0.646. The maximum atomic E-state index is 12.7. The van der Waals surface area contributed by atoms with Crippen molar-refractivity contribution < 1.29 is 9.90 Å². The van der Waals surface area contributed by atoms with Crippen LogP contribution in [-0.4, -0.2) is 43.2 Å². The summed E-state index contributed by atoms with van der Waals surface area (Å²) < 4.78 is 1.16. The lowest BCUT2D eigenvalue weighted by Gasteiger charge is -2.17. The van der Waals surface area contributed by atoms with Crippen molar-refractivity contribution >= 4 is 39.0 Å². The van der Waals surface area contributed by atoms with E-state index in [9.17, 15) is 9.90 Å². The fourth-order valence-electron chi connectivity index (χ4n) is 3.63. The van der Waals surface area contributed by atoms with E-state index < -0.39 is 6.10 Å². The number of rotatable bonds is 6. The van der Waals surface area contributed by atoms with Gasteiger partial charge in [-0.25, -0.2) is 4.99 Å². The Hall–Kier alpha value is -2.90. The van der Waals surface area contributed by atoms with Gasteiger partial charge in [0, 0.05) is 34.9 Å². The van der Waals surface area contributed by atoms with Crippen LogP contribution < -0.4 is 15.5 Å². The number of amides is 1. The molecule has 0 aliphatic carbocycles. The molecule has 1 unspecified atom stereocenters. The quantitative estimate of drug-likeness (QED) is 0.421. The Kier molecular flexibility index (Phi) is 6.30. The van der Waals surface area contributed by atoms with Crippen molar-refractivity contribution in [1.82, 2.24) is 10.6 Å². The summed E-state index contributed by atoms with van der Waals surface area (Å²) in [6, 6.07) is 18.1. The van der Waals surface area contributed by atoms with Gasteiger partial charge in [-0.2, -0.15) is 0 Å². The van der Waals surface area contributed by atoms with Gasteiger partial charge in [0.05, 0.1) is 0 Å². The van der Waals surface area contributed by atoms with E-state index in [4.69, 9.17) is 0 Å². The maximum Gasteiger partial charge on any atom is 0.248 e. The van der Waals surface area contributed by atoms with E-state index in [1.807, 2.05) is 49.4 Å². The van der Waals surface area contributed by atoms with Crippen LogP contribution in [0.15, 0.2) is 59.6 Å². The SMILES string of the molecule is CCNC(=NCC(=O)N1CCc2ccccc21)NCC(O)c1cc2ccccc2s1. The normalized spacial score (nSPS) is 14.6. The van der Waals surface area contributed by atoms with Gasteiger partial charge in [0.15, 0.2) is 5.96 Å². The number of carbonyl (C=O) groups is 1. The van der Waals surface area contributed by atoms with E-state index >= 15 is 0 Å². The largest absolute Gasteiger partial charge is 0.386 e. The summed E-state index contributed by atoms with van der Waals surface area (Å²) in [5.41, 5.74) is 2.18. The number of aliphatic imine (C=N–C) groups is 1. The number of nitrogens with one attached hydrogen (secondary N) is 2. The number of carbonyl (C=O) groups excluding carboxylic acids is 1. The van der Waals surface area contributed by atoms with Crippen molar-refractivity contribution in [2.24, 2.45) is 4.99 Å². The second kappa shape index (κ2) is 9.28. The van der Waals surface area contributed by atoms with Crippen molar-refractivity contribution in [3.8, 4) is 0 Å². The number of aliphatic hydroxyl groups is 1. The molecule has 0 saturated carbocycles. The first-order valence-electron chi connectivity index (χ1n) is 10.2. The highest BCUT2D eigenvalue weighted by molar-refractivity contribution is 7.19. The number of thiophene rings is 1. The number of anilines is 1. The lowest BCUT2D eigenvalue weighted by atomic mass is 10.2. The molecule has 1 atom stereocenters. The van der Waals surface area contributed by atoms with Crippen LogP contribution in [0.1, 0.15) is 23.5 Å². The van der Waals surface area contributed by atoms with Crippen LogP contribution in [0.25, 0.3) is 10.1 Å². The molecule has 1 aromatic heterocycles. The van der Waals surface area contributed by atoms with E-state index in [0.717, 1.165) is 27.1 Å². The second-order valence-corrected chi connectivity index (χ2v) is 8.32. The lowest BCUT2D eigenvalue weighted by Crippen LogP contribution is -2.40. The predicted molar refractivity (Wildman–Crippen MR) is 123 cm³/mol. The number of aliphatic hydroxyl groups excluding tert-OH is 1. The van der Waals surface area contributed by atoms with Crippen LogP contribution in [0.3, 0.4) is 0 Å². The molecular formula is C23H26N4O2S. The zero-order valence-corrected chi connectivity index (χ0v) is 17.8. The van der Waals surface area contributed by atoms with E-state index in [2.05, 4.69) is 27.8 Å². The Morgan fingerprint density at radius 1 is 1.20 bits per heavy atom. The monoisotopic (exact) mass is 422 g/mol. The molecule has 1 aliphatic rings. The van der Waals surface area contributed by atoms with Gasteiger partial charge in [0.2, 0.25) is 5.91 Å². The Balaban J connectivity index is 1.37. The van der Waals surface area contributed by atoms with Gasteiger partial charge >= 0.3 is 0 Å². The van der Waals surface area contributed by atoms with Crippen LogP contribution in [0.2, 0.25) is 0 Å². The highest BCUT2D eigenvalue weighted by Gasteiger charge is 2.23. The molecule has 4 rings (SSSR count). The van der Waals surface area contributed by atoms with E-state index in [-0.39, 0.29) is 12.5 Å². The maximum absolute atomic E-state index is 12.7. The minimum Gasteiger partial charge on any atom is -0.386 e. The molecule has 0 spiro atoms. The van der Waals surface area contributed by atoms with Crippen LogP contribution in [0, 0.1) is 0 Å². The highest BCUT2D eigenvalue weighted by atomic mass is 32.1. The molecule has 2 aromatic carbocycles. The van der Waals surface area contributed by atoms with Crippen molar-refractivity contribution in [2.75, 3.05) is 31.1 Å². The van der Waals surface area contributed by atoms with Gasteiger partial charge in [-0.3, -0.25) is 4.79 Å². The third kappa shape index (κ3) is 4.47. The van der Waals surface area contributed by atoms with Gasteiger partial charge < -0.3 is 20.6 Å². The Bertz CT molecular complexity index is 1030. The van der Waals surface area contributed by atoms with E-state index in [1.54, 1.807) is 16.2 Å². The standard InChI is InChI=1S/C23H26N4O2S/c1-2-24-23(25-14-19(28)21-13-17-8-4-6-10-20(17)30-21)26-15-22(29)27-12-11-16-7-3-5-9-18(16)27/h3-10,13,19,28H,2,11-12,14-15H2,1H3,(H2,24,25,26). The summed E-state index contributed by atoms with van der Waals surface area (Å²) in [4.78, 5) is 19.8. The number of guanidine groups is 1. The summed E-state index contributed by atoms with van der Waals surface area (Å²) in [5.74, 6) is 0.501. The van der Waals surface area contributed by atoms with Gasteiger partial charge in [-0.1, -0.05) is 36.4 Å². The smallest absolute Gasteiger partial charge is 0.248 e. The average Bonchev–Trinajstić information content (AvgIpc) is 3.39. The van der Waals surface area contributed by atoms with Gasteiger partial charge in [0.25, 0.3) is 0 Å². The molecular weight excluding hydrogens is 396 g/mol. The Labute approximate surface area is 180 Å². The molecule has 3 aromatic rings. The van der Waals surface area contributed by atoms with Crippen molar-refractivity contribution in [3.63, 3.8) is 0 Å². The summed E-state index contributed by atoms with van der Waals surface area (Å²) in [6.07, 6.45) is 0.234. The third-order valence-corrected chi connectivity index (χ3v) is 6.36. The molecule has 2 heterocycles. The van der Waals surface area contributed by atoms with Gasteiger partial charge in [0.1, 0.15) is 12.6 Å². The average molecular weight is 423 g/mol. The molecule has 6 nitrogen and oxygen atoms in total. The third-order valence-electron chi connectivity index (χ3n) is 5.14. The molecule has 0 radical (unpaired) electrons. The first-order chi connectivity index (χ1) is 14.7. The van der Waals surface area contributed by atoms with Crippen molar-refractivity contribution in [2.45, 2.75) is 19.4 Å². The first-order valence-corrected chi connectivity index (χ1v) is 11.0. The molecule has 1 aliphatic heterocycles. The number of fused-ring (bicyclic) bond motifs is 2. The van der Waals surface area contributed by atoms with Crippen LogP contribution in [-0.2, 0) is 11.2 Å². The topological polar surface area (TPSA) is 77.0 Å². The molecule has 0 bridgehead atoms. The summed E-state index contributed by atoms with van der Waals surface area (Å²) in [5, 5.41) is 18.0. The summed E-state index contributed by atoms with van der Waals surface area (Å²) >= 11 is 1.59. The first kappa shape index (κ1) is 20.4. The number of hydrogen-bond donors (Lipinski definition) is 3. The Morgan fingerprint density at radius 2 is 2.00 bits per heavy atom. The number of nitrogens with zero attached hydrogens (tertiary/aromatic N) is 2. The van der Waals surface area contributed by atoms with Gasteiger partial charge in [-0.15, -0.1) is 11.3 Å². The van der Waals surface area contributed by atoms with Crippen molar-refractivity contribution in [3.05, 3.63) is 65.0 Å². The van der Waals surface area contributed by atoms with Crippen LogP contribution in [0.4, 0.5) is 5.69 Å². The molecule has 0 saturated heterocycles. The van der Waals surface area contributed by atoms with E-state index in [1.165, 1.54) is 5.56 Å². The number of benzene rings is 2. The zero-order valence-electron chi connectivity index (χ0n) is 17.0. The molecule has 0 fully saturated rings. The minimum absolute atomic E-state index is 0.0257. The fraction of sp³-hybridized carbons (Fsp3) is 0.304. The fourth-order valence-corrected chi connectivity index (χ4v) is 4.68. The summed E-state index contributed by atoms with van der Waals surface area (Å²) in [6.45, 7) is 3.72.